The van der Waals surface area contributed by atoms with Gasteiger partial charge in [-0.3, -0.25) is 9.59 Å². The van der Waals surface area contributed by atoms with E-state index in [0.717, 1.165) is 18.4 Å². The molecule has 17 heavy (non-hydrogen) atoms. The van der Waals surface area contributed by atoms with Gasteiger partial charge in [0.05, 0.1) is 0 Å². The number of carbonyl (C=O) groups excluding carboxylic acids is 2. The predicted molar refractivity (Wildman–Crippen MR) is 65.8 cm³/mol. The van der Waals surface area contributed by atoms with Crippen LogP contribution in [0.25, 0.3) is 0 Å². The topological polar surface area (TPSA) is 46.2 Å². The Balaban J connectivity index is 1.98. The first-order chi connectivity index (χ1) is 8.08. The van der Waals surface area contributed by atoms with Crippen molar-refractivity contribution >= 4 is 11.7 Å². The van der Waals surface area contributed by atoms with Crippen LogP contribution in [0.1, 0.15) is 35.7 Å². The van der Waals surface area contributed by atoms with Gasteiger partial charge in [-0.05, 0) is 32.6 Å². The Labute approximate surface area is 101 Å². The number of benzene rings is 1. The Kier molecular flexibility index (Phi) is 3.27. The maximum absolute atomic E-state index is 11.8. The summed E-state index contributed by atoms with van der Waals surface area (Å²) in [6.07, 6.45) is 2.31. The molecule has 1 amide bonds. The average Bonchev–Trinajstić information content (AvgIpc) is 3.12. The number of rotatable bonds is 4. The van der Waals surface area contributed by atoms with Crippen LogP contribution in [-0.4, -0.2) is 17.7 Å². The average molecular weight is 231 g/mol. The quantitative estimate of drug-likeness (QED) is 0.637. The van der Waals surface area contributed by atoms with Gasteiger partial charge in [-0.15, -0.1) is 0 Å². The van der Waals surface area contributed by atoms with Gasteiger partial charge in [-0.1, -0.05) is 29.8 Å². The summed E-state index contributed by atoms with van der Waals surface area (Å²) in [6, 6.07) is 7.17. The first-order valence-electron chi connectivity index (χ1n) is 6.00. The molecular weight excluding hydrogens is 214 g/mol. The van der Waals surface area contributed by atoms with Crippen LogP contribution in [0.5, 0.6) is 0 Å². The molecule has 2 rings (SSSR count). The van der Waals surface area contributed by atoms with Gasteiger partial charge in [-0.2, -0.15) is 0 Å². The molecule has 1 saturated carbocycles. The van der Waals surface area contributed by atoms with Gasteiger partial charge in [0.1, 0.15) is 0 Å². The van der Waals surface area contributed by atoms with Crippen molar-refractivity contribution in [1.29, 1.82) is 0 Å². The molecule has 3 nitrogen and oxygen atoms in total. The van der Waals surface area contributed by atoms with E-state index in [0.29, 0.717) is 11.5 Å². The third-order valence-electron chi connectivity index (χ3n) is 3.21. The Bertz CT molecular complexity index is 432. The van der Waals surface area contributed by atoms with Gasteiger partial charge < -0.3 is 5.32 Å². The number of amides is 1. The molecule has 3 heteroatoms. The molecule has 1 fully saturated rings. The zero-order valence-electron chi connectivity index (χ0n) is 10.2. The fraction of sp³-hybridized carbons (Fsp3) is 0.429. The fourth-order valence-corrected chi connectivity index (χ4v) is 1.82. The third-order valence-corrected chi connectivity index (χ3v) is 3.21. The second-order valence-corrected chi connectivity index (χ2v) is 4.79. The Morgan fingerprint density at radius 1 is 1.24 bits per heavy atom. The molecule has 1 aliphatic rings. The molecule has 1 aromatic rings. The minimum atomic E-state index is -0.492. The number of aryl methyl sites for hydroxylation is 1. The summed E-state index contributed by atoms with van der Waals surface area (Å²) in [4.78, 5) is 23.5. The summed E-state index contributed by atoms with van der Waals surface area (Å²) in [7, 11) is 0. The van der Waals surface area contributed by atoms with Crippen molar-refractivity contribution in [3.63, 3.8) is 0 Å². The normalized spacial score (nSPS) is 16.4. The van der Waals surface area contributed by atoms with E-state index in [4.69, 9.17) is 0 Å². The highest BCUT2D eigenvalue weighted by Gasteiger charge is 2.30. The molecule has 0 aromatic heterocycles. The lowest BCUT2D eigenvalue weighted by Gasteiger charge is -2.11. The minimum absolute atomic E-state index is 0.108. The number of nitrogens with one attached hydrogen (secondary N) is 1. The molecule has 1 aromatic carbocycles. The fourth-order valence-electron chi connectivity index (χ4n) is 1.82. The standard InChI is InChI=1S/C14H17NO2/c1-9-3-5-12(6-4-9)13(16)14(17)15-10(2)11-7-8-11/h3-6,10-11H,7-8H2,1-2H3,(H,15,17). The Morgan fingerprint density at radius 2 is 1.82 bits per heavy atom. The van der Waals surface area contributed by atoms with Gasteiger partial charge in [0.15, 0.2) is 0 Å². The van der Waals surface area contributed by atoms with Crippen molar-refractivity contribution in [2.75, 3.05) is 0 Å². The molecule has 0 saturated heterocycles. The zero-order chi connectivity index (χ0) is 12.4. The molecule has 0 heterocycles. The molecule has 0 spiro atoms. The van der Waals surface area contributed by atoms with Crippen LogP contribution in [0.15, 0.2) is 24.3 Å². The van der Waals surface area contributed by atoms with Crippen LogP contribution >= 0.6 is 0 Å². The number of carbonyl (C=O) groups is 2. The van der Waals surface area contributed by atoms with Crippen molar-refractivity contribution in [3.05, 3.63) is 35.4 Å². The van der Waals surface area contributed by atoms with Gasteiger partial charge in [-0.25, -0.2) is 0 Å². The number of Topliss-reactive ketones (excluding diaryl/α,β-unsaturated/α-hetero) is 1. The van der Waals surface area contributed by atoms with E-state index in [2.05, 4.69) is 5.32 Å². The summed E-state index contributed by atoms with van der Waals surface area (Å²) in [6.45, 7) is 3.90. The second-order valence-electron chi connectivity index (χ2n) is 4.79. The number of ketones is 1. The number of hydrogen-bond acceptors (Lipinski definition) is 2. The smallest absolute Gasteiger partial charge is 0.292 e. The van der Waals surface area contributed by atoms with E-state index in [-0.39, 0.29) is 6.04 Å². The maximum atomic E-state index is 11.8. The van der Waals surface area contributed by atoms with E-state index in [1.165, 1.54) is 0 Å². The lowest BCUT2D eigenvalue weighted by Crippen LogP contribution is -2.38. The van der Waals surface area contributed by atoms with E-state index < -0.39 is 11.7 Å². The van der Waals surface area contributed by atoms with Crippen molar-refractivity contribution in [3.8, 4) is 0 Å². The van der Waals surface area contributed by atoms with Crippen molar-refractivity contribution in [2.45, 2.75) is 32.7 Å². The molecule has 1 atom stereocenters. The lowest BCUT2D eigenvalue weighted by atomic mass is 10.1. The highest BCUT2D eigenvalue weighted by atomic mass is 16.2. The summed E-state index contributed by atoms with van der Waals surface area (Å²) in [5.41, 5.74) is 1.53. The van der Waals surface area contributed by atoms with Crippen LogP contribution < -0.4 is 5.32 Å². The first kappa shape index (κ1) is 11.8. The van der Waals surface area contributed by atoms with Crippen molar-refractivity contribution in [1.82, 2.24) is 5.32 Å². The maximum Gasteiger partial charge on any atom is 0.292 e. The minimum Gasteiger partial charge on any atom is -0.346 e. The summed E-state index contributed by atoms with van der Waals surface area (Å²) in [5.74, 6) is -0.379. The summed E-state index contributed by atoms with van der Waals surface area (Å²) < 4.78 is 0. The molecule has 0 bridgehead atoms. The van der Waals surface area contributed by atoms with Crippen LogP contribution in [0.3, 0.4) is 0 Å². The van der Waals surface area contributed by atoms with Gasteiger partial charge in [0, 0.05) is 11.6 Å². The van der Waals surface area contributed by atoms with Crippen molar-refractivity contribution < 1.29 is 9.59 Å². The Morgan fingerprint density at radius 3 is 2.35 bits per heavy atom. The molecule has 1 unspecified atom stereocenters. The van der Waals surface area contributed by atoms with Gasteiger partial charge in [0.2, 0.25) is 5.78 Å². The summed E-state index contributed by atoms with van der Waals surface area (Å²) in [5, 5.41) is 2.77. The monoisotopic (exact) mass is 231 g/mol. The molecule has 0 aliphatic heterocycles. The van der Waals surface area contributed by atoms with Crippen LogP contribution in [0.4, 0.5) is 0 Å². The summed E-state index contributed by atoms with van der Waals surface area (Å²) >= 11 is 0. The van der Waals surface area contributed by atoms with Gasteiger partial charge >= 0.3 is 0 Å². The van der Waals surface area contributed by atoms with Crippen LogP contribution in [0.2, 0.25) is 0 Å². The predicted octanol–water partition coefficient (Wildman–Crippen LogP) is 2.09. The molecule has 1 aliphatic carbocycles. The van der Waals surface area contributed by atoms with E-state index in [1.54, 1.807) is 12.1 Å². The Hall–Kier alpha value is -1.64. The number of hydrogen-bond donors (Lipinski definition) is 1. The highest BCUT2D eigenvalue weighted by Crippen LogP contribution is 2.32. The first-order valence-corrected chi connectivity index (χ1v) is 6.00. The lowest BCUT2D eigenvalue weighted by molar-refractivity contribution is -0.117. The second kappa shape index (κ2) is 4.70. The molecule has 1 N–H and O–H groups in total. The third kappa shape index (κ3) is 2.93. The van der Waals surface area contributed by atoms with Crippen LogP contribution in [-0.2, 0) is 4.79 Å². The highest BCUT2D eigenvalue weighted by molar-refractivity contribution is 6.42. The molecule has 90 valence electrons. The SMILES string of the molecule is Cc1ccc(C(=O)C(=O)NC(C)C2CC2)cc1. The molecular formula is C14H17NO2. The van der Waals surface area contributed by atoms with Crippen molar-refractivity contribution in [2.24, 2.45) is 5.92 Å². The van der Waals surface area contributed by atoms with E-state index in [1.807, 2.05) is 26.0 Å². The van der Waals surface area contributed by atoms with Gasteiger partial charge in [0.25, 0.3) is 5.91 Å². The largest absolute Gasteiger partial charge is 0.346 e. The molecule has 0 radical (unpaired) electrons. The van der Waals surface area contributed by atoms with Crippen LogP contribution in [0, 0.1) is 12.8 Å². The zero-order valence-corrected chi connectivity index (χ0v) is 10.2. The van der Waals surface area contributed by atoms with E-state index >= 15 is 0 Å². The van der Waals surface area contributed by atoms with E-state index in [9.17, 15) is 9.59 Å².